The first-order valence-electron chi connectivity index (χ1n) is 4.84. The SMILES string of the molecule is O=S(=O)(Nc1nccs1)c1cc(F)ccc1CO. The van der Waals surface area contributed by atoms with E-state index >= 15 is 0 Å². The van der Waals surface area contributed by atoms with Crippen LogP contribution in [0.15, 0.2) is 34.7 Å². The summed E-state index contributed by atoms with van der Waals surface area (Å²) in [5.41, 5.74) is 0.125. The molecule has 2 aromatic rings. The third kappa shape index (κ3) is 2.66. The summed E-state index contributed by atoms with van der Waals surface area (Å²) >= 11 is 1.10. The topological polar surface area (TPSA) is 79.3 Å². The highest BCUT2D eigenvalue weighted by atomic mass is 32.2. The molecule has 0 bridgehead atoms. The van der Waals surface area contributed by atoms with Crippen molar-refractivity contribution in [1.82, 2.24) is 4.98 Å². The Morgan fingerprint density at radius 1 is 1.44 bits per heavy atom. The molecule has 0 aliphatic heterocycles. The van der Waals surface area contributed by atoms with Gasteiger partial charge < -0.3 is 5.11 Å². The van der Waals surface area contributed by atoms with Crippen molar-refractivity contribution < 1.29 is 17.9 Å². The van der Waals surface area contributed by atoms with Gasteiger partial charge in [-0.25, -0.2) is 17.8 Å². The van der Waals surface area contributed by atoms with Crippen LogP contribution in [0.3, 0.4) is 0 Å². The van der Waals surface area contributed by atoms with Crippen molar-refractivity contribution in [2.24, 2.45) is 0 Å². The molecule has 0 atom stereocenters. The number of sulfonamides is 1. The molecule has 18 heavy (non-hydrogen) atoms. The monoisotopic (exact) mass is 288 g/mol. The van der Waals surface area contributed by atoms with E-state index in [9.17, 15) is 12.8 Å². The fraction of sp³-hybridized carbons (Fsp3) is 0.100. The largest absolute Gasteiger partial charge is 0.392 e. The summed E-state index contributed by atoms with van der Waals surface area (Å²) in [6.45, 7) is -0.492. The van der Waals surface area contributed by atoms with Crippen LogP contribution in [0.5, 0.6) is 0 Å². The van der Waals surface area contributed by atoms with Gasteiger partial charge in [0, 0.05) is 11.6 Å². The summed E-state index contributed by atoms with van der Waals surface area (Å²) in [5, 5.41) is 10.9. The number of aliphatic hydroxyl groups excluding tert-OH is 1. The molecule has 0 fully saturated rings. The Labute approximate surface area is 107 Å². The van der Waals surface area contributed by atoms with Crippen LogP contribution in [-0.2, 0) is 16.6 Å². The van der Waals surface area contributed by atoms with Crippen LogP contribution in [0, 0.1) is 5.82 Å². The van der Waals surface area contributed by atoms with Gasteiger partial charge in [-0.1, -0.05) is 6.07 Å². The van der Waals surface area contributed by atoms with E-state index in [1.54, 1.807) is 5.38 Å². The second kappa shape index (κ2) is 5.01. The van der Waals surface area contributed by atoms with Crippen molar-refractivity contribution in [1.29, 1.82) is 0 Å². The van der Waals surface area contributed by atoms with Gasteiger partial charge in [0.1, 0.15) is 5.82 Å². The predicted octanol–water partition coefficient (Wildman–Crippen LogP) is 1.58. The summed E-state index contributed by atoms with van der Waals surface area (Å²) < 4.78 is 39.3. The first-order valence-corrected chi connectivity index (χ1v) is 7.21. The van der Waals surface area contributed by atoms with Crippen molar-refractivity contribution in [2.45, 2.75) is 11.5 Å². The quantitative estimate of drug-likeness (QED) is 0.895. The van der Waals surface area contributed by atoms with Gasteiger partial charge in [-0.05, 0) is 17.7 Å². The molecule has 2 N–H and O–H groups in total. The summed E-state index contributed by atoms with van der Waals surface area (Å²) in [5.74, 6) is -0.688. The van der Waals surface area contributed by atoms with E-state index in [2.05, 4.69) is 9.71 Å². The number of rotatable bonds is 4. The third-order valence-electron chi connectivity index (χ3n) is 2.14. The lowest BCUT2D eigenvalue weighted by atomic mass is 10.2. The molecule has 0 radical (unpaired) electrons. The highest BCUT2D eigenvalue weighted by Crippen LogP contribution is 2.21. The molecular formula is C10H9FN2O3S2. The van der Waals surface area contributed by atoms with Crippen molar-refractivity contribution in [2.75, 3.05) is 4.72 Å². The minimum absolute atomic E-state index is 0.125. The molecule has 2 rings (SSSR count). The average Bonchev–Trinajstić information content (AvgIpc) is 2.81. The lowest BCUT2D eigenvalue weighted by molar-refractivity contribution is 0.278. The number of halogens is 1. The van der Waals surface area contributed by atoms with Gasteiger partial charge in [-0.3, -0.25) is 4.72 Å². The number of nitrogens with one attached hydrogen (secondary N) is 1. The van der Waals surface area contributed by atoms with E-state index < -0.39 is 22.4 Å². The number of aromatic nitrogens is 1. The first-order chi connectivity index (χ1) is 8.53. The molecule has 0 amide bonds. The van der Waals surface area contributed by atoms with Crippen molar-refractivity contribution in [3.63, 3.8) is 0 Å². The van der Waals surface area contributed by atoms with Crippen LogP contribution in [-0.4, -0.2) is 18.5 Å². The van der Waals surface area contributed by atoms with E-state index in [0.29, 0.717) is 0 Å². The molecule has 1 aromatic heterocycles. The molecule has 0 saturated carbocycles. The minimum Gasteiger partial charge on any atom is -0.392 e. The molecule has 0 aliphatic carbocycles. The van der Waals surface area contributed by atoms with Gasteiger partial charge in [0.15, 0.2) is 5.13 Å². The number of hydrogen-bond donors (Lipinski definition) is 2. The second-order valence-corrected chi connectivity index (χ2v) is 5.90. The Hall–Kier alpha value is -1.51. The maximum atomic E-state index is 13.1. The Bertz CT molecular complexity index is 641. The van der Waals surface area contributed by atoms with Crippen LogP contribution in [0.4, 0.5) is 9.52 Å². The molecule has 0 unspecified atom stereocenters. The minimum atomic E-state index is -3.95. The van der Waals surface area contributed by atoms with Gasteiger partial charge in [0.2, 0.25) is 0 Å². The normalized spacial score (nSPS) is 11.4. The van der Waals surface area contributed by atoms with E-state index in [4.69, 9.17) is 5.11 Å². The Morgan fingerprint density at radius 3 is 2.83 bits per heavy atom. The standard InChI is InChI=1S/C10H9FN2O3S2/c11-8-2-1-7(6-14)9(5-8)18(15,16)13-10-12-3-4-17-10/h1-5,14H,6H2,(H,12,13). The number of nitrogens with zero attached hydrogens (tertiary/aromatic N) is 1. The Balaban J connectivity index is 2.43. The molecule has 8 heteroatoms. The average molecular weight is 288 g/mol. The van der Waals surface area contributed by atoms with Gasteiger partial charge in [-0.15, -0.1) is 11.3 Å². The van der Waals surface area contributed by atoms with E-state index in [0.717, 1.165) is 23.5 Å². The number of benzene rings is 1. The van der Waals surface area contributed by atoms with E-state index in [1.165, 1.54) is 12.3 Å². The number of anilines is 1. The predicted molar refractivity (Wildman–Crippen MR) is 65.2 cm³/mol. The molecule has 0 aliphatic rings. The highest BCUT2D eigenvalue weighted by molar-refractivity contribution is 7.93. The van der Waals surface area contributed by atoms with Gasteiger partial charge in [0.05, 0.1) is 11.5 Å². The Kier molecular flexibility index (Phi) is 3.60. The smallest absolute Gasteiger partial charge is 0.264 e. The van der Waals surface area contributed by atoms with Crippen LogP contribution in [0.25, 0.3) is 0 Å². The van der Waals surface area contributed by atoms with Crippen LogP contribution in [0.2, 0.25) is 0 Å². The molecule has 96 valence electrons. The highest BCUT2D eigenvalue weighted by Gasteiger charge is 2.20. The van der Waals surface area contributed by atoms with Crippen LogP contribution >= 0.6 is 11.3 Å². The zero-order valence-corrected chi connectivity index (χ0v) is 10.6. The maximum Gasteiger partial charge on any atom is 0.264 e. The molecule has 0 spiro atoms. The van der Waals surface area contributed by atoms with Gasteiger partial charge in [0.25, 0.3) is 10.0 Å². The van der Waals surface area contributed by atoms with Crippen LogP contribution < -0.4 is 4.72 Å². The number of aliphatic hydroxyl groups is 1. The molecule has 0 saturated heterocycles. The van der Waals surface area contributed by atoms with Crippen LogP contribution in [0.1, 0.15) is 5.56 Å². The lowest BCUT2D eigenvalue weighted by Gasteiger charge is -2.09. The third-order valence-corrected chi connectivity index (χ3v) is 4.38. The number of thiazole rings is 1. The summed E-state index contributed by atoms with van der Waals surface area (Å²) in [6.07, 6.45) is 1.45. The summed E-state index contributed by atoms with van der Waals surface area (Å²) in [6, 6.07) is 3.18. The van der Waals surface area contributed by atoms with Crippen molar-refractivity contribution in [3.05, 3.63) is 41.2 Å². The van der Waals surface area contributed by atoms with E-state index in [-0.39, 0.29) is 15.6 Å². The van der Waals surface area contributed by atoms with Crippen molar-refractivity contribution in [3.8, 4) is 0 Å². The Morgan fingerprint density at radius 2 is 2.22 bits per heavy atom. The fourth-order valence-electron chi connectivity index (χ4n) is 1.35. The zero-order valence-electron chi connectivity index (χ0n) is 9.00. The summed E-state index contributed by atoms with van der Waals surface area (Å²) in [7, 11) is -3.95. The zero-order chi connectivity index (χ0) is 13.2. The fourth-order valence-corrected chi connectivity index (χ4v) is 3.38. The van der Waals surface area contributed by atoms with Gasteiger partial charge in [-0.2, -0.15) is 0 Å². The van der Waals surface area contributed by atoms with Gasteiger partial charge >= 0.3 is 0 Å². The molecule has 5 nitrogen and oxygen atoms in total. The summed E-state index contributed by atoms with van der Waals surface area (Å²) in [4.78, 5) is 3.49. The first kappa shape index (κ1) is 12.9. The van der Waals surface area contributed by atoms with Crippen molar-refractivity contribution >= 4 is 26.5 Å². The molecular weight excluding hydrogens is 279 g/mol. The molecule has 1 heterocycles. The van der Waals surface area contributed by atoms with E-state index in [1.807, 2.05) is 0 Å². The molecule has 1 aromatic carbocycles. The maximum absolute atomic E-state index is 13.1. The lowest BCUT2D eigenvalue weighted by Crippen LogP contribution is -2.15. The second-order valence-electron chi connectivity index (χ2n) is 3.35. The number of hydrogen-bond acceptors (Lipinski definition) is 5.